The van der Waals surface area contributed by atoms with Crippen LogP contribution < -0.4 is 10.1 Å². The summed E-state index contributed by atoms with van der Waals surface area (Å²) >= 11 is 0. The molecule has 0 saturated heterocycles. The first kappa shape index (κ1) is 20.2. The van der Waals surface area contributed by atoms with Gasteiger partial charge in [0.2, 0.25) is 5.91 Å². The van der Waals surface area contributed by atoms with Crippen LogP contribution in [0.3, 0.4) is 0 Å². The summed E-state index contributed by atoms with van der Waals surface area (Å²) < 4.78 is 10.1. The number of allylic oxidation sites excluding steroid dienone is 1. The second-order valence-corrected chi connectivity index (χ2v) is 6.13. The Bertz CT molecular complexity index is 752. The van der Waals surface area contributed by atoms with Gasteiger partial charge in [-0.2, -0.15) is 0 Å². The normalized spacial score (nSPS) is 14.2. The fourth-order valence-electron chi connectivity index (χ4n) is 2.62. The number of ether oxygens (including phenoxy) is 2. The Labute approximate surface area is 158 Å². The Morgan fingerprint density at radius 1 is 1.22 bits per heavy atom. The van der Waals surface area contributed by atoms with E-state index >= 15 is 0 Å². The van der Waals surface area contributed by atoms with Crippen molar-refractivity contribution in [3.63, 3.8) is 0 Å². The summed E-state index contributed by atoms with van der Waals surface area (Å²) in [6.45, 7) is 3.27. The number of carbonyl (C=O) groups excluding carboxylic acids is 3. The van der Waals surface area contributed by atoms with Crippen molar-refractivity contribution >= 4 is 17.8 Å². The predicted octanol–water partition coefficient (Wildman–Crippen LogP) is 1.94. The van der Waals surface area contributed by atoms with E-state index in [9.17, 15) is 14.4 Å². The Kier molecular flexibility index (Phi) is 7.16. The highest BCUT2D eigenvalue weighted by Gasteiger charge is 2.24. The maximum absolute atomic E-state index is 12.5. The number of benzene rings is 1. The lowest BCUT2D eigenvalue weighted by Gasteiger charge is -2.20. The third kappa shape index (κ3) is 6.29. The number of hydrogen-bond donors (Lipinski definition) is 1. The van der Waals surface area contributed by atoms with Crippen molar-refractivity contribution in [3.8, 4) is 5.75 Å². The third-order valence-electron chi connectivity index (χ3n) is 3.83. The predicted molar refractivity (Wildman–Crippen MR) is 99.6 cm³/mol. The van der Waals surface area contributed by atoms with Crippen LogP contribution in [-0.4, -0.2) is 42.4 Å². The molecule has 1 N–H and O–H groups in total. The molecule has 1 atom stereocenters. The number of rotatable bonds is 7. The summed E-state index contributed by atoms with van der Waals surface area (Å²) in [5, 5.41) is 2.76. The molecule has 144 valence electrons. The van der Waals surface area contributed by atoms with E-state index in [1.807, 2.05) is 19.3 Å². The van der Waals surface area contributed by atoms with Gasteiger partial charge in [-0.1, -0.05) is 18.2 Å². The summed E-state index contributed by atoms with van der Waals surface area (Å²) in [5.41, 5.74) is 1.37. The Balaban J connectivity index is 2.08. The number of carbonyl (C=O) groups is 3. The minimum absolute atomic E-state index is 0.227. The molecular weight excluding hydrogens is 348 g/mol. The minimum atomic E-state index is -0.811. The van der Waals surface area contributed by atoms with Crippen LogP contribution in [0.15, 0.2) is 48.3 Å². The Morgan fingerprint density at radius 3 is 2.52 bits per heavy atom. The van der Waals surface area contributed by atoms with Crippen molar-refractivity contribution in [3.05, 3.63) is 53.9 Å². The number of nitrogens with zero attached hydrogens (tertiary/aromatic N) is 1. The number of esters is 2. The molecule has 1 unspecified atom stereocenters. The zero-order valence-electron chi connectivity index (χ0n) is 15.7. The molecule has 1 heterocycles. The second-order valence-electron chi connectivity index (χ2n) is 6.13. The van der Waals surface area contributed by atoms with Crippen LogP contribution in [0, 0.1) is 0 Å². The van der Waals surface area contributed by atoms with Crippen LogP contribution in [0.2, 0.25) is 0 Å². The molecule has 0 saturated carbocycles. The molecule has 7 nitrogen and oxygen atoms in total. The molecule has 1 aromatic carbocycles. The Hall–Kier alpha value is -3.09. The molecule has 0 aliphatic carbocycles. The van der Waals surface area contributed by atoms with Crippen molar-refractivity contribution in [2.75, 3.05) is 13.7 Å². The fraction of sp³-hybridized carbons (Fsp3) is 0.350. The van der Waals surface area contributed by atoms with E-state index in [1.54, 1.807) is 42.3 Å². The number of amides is 1. The van der Waals surface area contributed by atoms with Gasteiger partial charge in [0.05, 0.1) is 6.61 Å². The van der Waals surface area contributed by atoms with Crippen molar-refractivity contribution < 1.29 is 23.9 Å². The molecule has 1 aliphatic heterocycles. The monoisotopic (exact) mass is 372 g/mol. The van der Waals surface area contributed by atoms with Crippen molar-refractivity contribution in [1.29, 1.82) is 0 Å². The van der Waals surface area contributed by atoms with Crippen LogP contribution in [0.1, 0.15) is 25.8 Å². The molecule has 1 aliphatic rings. The molecule has 7 heteroatoms. The Morgan fingerprint density at radius 2 is 1.93 bits per heavy atom. The smallest absolute Gasteiger partial charge is 0.328 e. The van der Waals surface area contributed by atoms with E-state index in [1.165, 1.54) is 6.92 Å². The molecule has 1 aromatic rings. The third-order valence-corrected chi connectivity index (χ3v) is 3.83. The molecule has 0 radical (unpaired) electrons. The maximum Gasteiger partial charge on any atom is 0.328 e. The van der Waals surface area contributed by atoms with Gasteiger partial charge in [0.15, 0.2) is 0 Å². The lowest BCUT2D eigenvalue weighted by molar-refractivity contribution is -0.147. The summed E-state index contributed by atoms with van der Waals surface area (Å²) in [4.78, 5) is 37.6. The van der Waals surface area contributed by atoms with Crippen LogP contribution >= 0.6 is 0 Å². The first-order valence-electron chi connectivity index (χ1n) is 8.73. The van der Waals surface area contributed by atoms with Crippen LogP contribution in [0.25, 0.3) is 0 Å². The van der Waals surface area contributed by atoms with Gasteiger partial charge in [-0.05, 0) is 37.2 Å². The largest absolute Gasteiger partial charge is 0.464 e. The SMILES string of the molecule is CCOC(=O)C(Cc1ccc(OC(C)=O)cc1)NC(=O)C1=CN(C)C=CC1. The molecule has 0 aromatic heterocycles. The fourth-order valence-corrected chi connectivity index (χ4v) is 2.62. The quantitative estimate of drug-likeness (QED) is 0.582. The summed E-state index contributed by atoms with van der Waals surface area (Å²) in [6, 6.07) is 5.96. The highest BCUT2D eigenvalue weighted by molar-refractivity contribution is 5.96. The van der Waals surface area contributed by atoms with Crippen LogP contribution in [-0.2, 0) is 25.5 Å². The van der Waals surface area contributed by atoms with Gasteiger partial charge >= 0.3 is 11.9 Å². The van der Waals surface area contributed by atoms with Gasteiger partial charge in [0.1, 0.15) is 11.8 Å². The molecular formula is C20H24N2O5. The molecule has 1 amide bonds. The van der Waals surface area contributed by atoms with Gasteiger partial charge < -0.3 is 19.7 Å². The first-order chi connectivity index (χ1) is 12.9. The van der Waals surface area contributed by atoms with Crippen molar-refractivity contribution in [2.24, 2.45) is 0 Å². The number of hydrogen-bond acceptors (Lipinski definition) is 6. The van der Waals surface area contributed by atoms with E-state index < -0.39 is 18.0 Å². The zero-order chi connectivity index (χ0) is 19.8. The van der Waals surface area contributed by atoms with Gasteiger partial charge in [-0.25, -0.2) is 4.79 Å². The average Bonchev–Trinajstić information content (AvgIpc) is 2.62. The molecule has 0 spiro atoms. The molecule has 27 heavy (non-hydrogen) atoms. The summed E-state index contributed by atoms with van der Waals surface area (Å²) in [6.07, 6.45) is 6.24. The average molecular weight is 372 g/mol. The molecule has 0 fully saturated rings. The minimum Gasteiger partial charge on any atom is -0.464 e. The zero-order valence-corrected chi connectivity index (χ0v) is 15.7. The summed E-state index contributed by atoms with van der Waals surface area (Å²) in [5.74, 6) is -0.777. The van der Waals surface area contributed by atoms with E-state index in [4.69, 9.17) is 9.47 Å². The topological polar surface area (TPSA) is 84.9 Å². The van der Waals surface area contributed by atoms with E-state index in [-0.39, 0.29) is 18.9 Å². The van der Waals surface area contributed by atoms with E-state index in [2.05, 4.69) is 5.32 Å². The van der Waals surface area contributed by atoms with Crippen molar-refractivity contribution in [1.82, 2.24) is 10.2 Å². The highest BCUT2D eigenvalue weighted by Crippen LogP contribution is 2.15. The van der Waals surface area contributed by atoms with Crippen molar-refractivity contribution in [2.45, 2.75) is 32.7 Å². The number of nitrogens with one attached hydrogen (secondary N) is 1. The lowest BCUT2D eigenvalue weighted by atomic mass is 10.0. The second kappa shape index (κ2) is 9.56. The van der Waals surface area contributed by atoms with Gasteiger partial charge in [0.25, 0.3) is 0 Å². The van der Waals surface area contributed by atoms with Crippen LogP contribution in [0.5, 0.6) is 5.75 Å². The molecule has 0 bridgehead atoms. The van der Waals surface area contributed by atoms with Gasteiger partial charge in [-0.15, -0.1) is 0 Å². The highest BCUT2D eigenvalue weighted by atomic mass is 16.5. The summed E-state index contributed by atoms with van der Waals surface area (Å²) in [7, 11) is 1.83. The lowest BCUT2D eigenvalue weighted by Crippen LogP contribution is -2.44. The van der Waals surface area contributed by atoms with E-state index in [0.29, 0.717) is 17.7 Å². The van der Waals surface area contributed by atoms with Gasteiger partial charge in [-0.3, -0.25) is 9.59 Å². The first-order valence-corrected chi connectivity index (χ1v) is 8.73. The standard InChI is InChI=1S/C20H24N2O5/c1-4-26-20(25)18(21-19(24)16-6-5-11-22(3)13-16)12-15-7-9-17(10-8-15)27-14(2)23/h5,7-11,13,18H,4,6,12H2,1-3H3,(H,21,24). The molecule has 2 rings (SSSR count). The van der Waals surface area contributed by atoms with Crippen LogP contribution in [0.4, 0.5) is 0 Å². The van der Waals surface area contributed by atoms with Gasteiger partial charge in [0, 0.05) is 32.2 Å². The maximum atomic E-state index is 12.5. The van der Waals surface area contributed by atoms with E-state index in [0.717, 1.165) is 5.56 Å².